The maximum Gasteiger partial charge on any atom is 0.342 e. The number of hydrogen-bond donors (Lipinski definition) is 0. The maximum atomic E-state index is 12.3. The van der Waals surface area contributed by atoms with Gasteiger partial charge in [0.15, 0.2) is 6.61 Å². The van der Waals surface area contributed by atoms with Crippen molar-refractivity contribution in [1.82, 2.24) is 0 Å². The Hall–Kier alpha value is -2.73. The molecule has 0 bridgehead atoms. The lowest BCUT2D eigenvalue weighted by atomic mass is 10.1. The minimum Gasteiger partial charge on any atom is -0.497 e. The summed E-state index contributed by atoms with van der Waals surface area (Å²) in [6.07, 6.45) is 0. The van der Waals surface area contributed by atoms with E-state index in [0.29, 0.717) is 22.3 Å². The fourth-order valence-electron chi connectivity index (χ4n) is 2.16. The van der Waals surface area contributed by atoms with Crippen LogP contribution in [0.25, 0.3) is 0 Å². The molecule has 0 aliphatic carbocycles. The molecule has 0 aliphatic heterocycles. The van der Waals surface area contributed by atoms with E-state index in [1.165, 1.54) is 27.4 Å². The monoisotopic (exact) mass is 364 g/mol. The van der Waals surface area contributed by atoms with Crippen molar-refractivity contribution in [3.8, 4) is 17.2 Å². The zero-order valence-corrected chi connectivity index (χ0v) is 14.8. The van der Waals surface area contributed by atoms with Crippen LogP contribution in [0.3, 0.4) is 0 Å². The summed E-state index contributed by atoms with van der Waals surface area (Å²) in [5.74, 6) is 0.0766. The van der Waals surface area contributed by atoms with E-state index in [9.17, 15) is 9.59 Å². The van der Waals surface area contributed by atoms with E-state index >= 15 is 0 Å². The van der Waals surface area contributed by atoms with Crippen LogP contribution < -0.4 is 14.2 Å². The minimum atomic E-state index is -0.708. The summed E-state index contributed by atoms with van der Waals surface area (Å²) in [6, 6.07) is 9.30. The molecule has 0 aromatic heterocycles. The molecule has 0 unspecified atom stereocenters. The van der Waals surface area contributed by atoms with Crippen LogP contribution >= 0.6 is 11.6 Å². The van der Waals surface area contributed by atoms with Crippen LogP contribution in [-0.4, -0.2) is 39.7 Å². The van der Waals surface area contributed by atoms with Gasteiger partial charge in [0.05, 0.1) is 26.9 Å². The Morgan fingerprint density at radius 3 is 2.24 bits per heavy atom. The summed E-state index contributed by atoms with van der Waals surface area (Å²) in [7, 11) is 4.37. The van der Waals surface area contributed by atoms with Crippen LogP contribution in [0.5, 0.6) is 17.2 Å². The fraction of sp³-hybridized carbons (Fsp3) is 0.222. The van der Waals surface area contributed by atoms with E-state index in [1.807, 2.05) is 0 Å². The van der Waals surface area contributed by atoms with Gasteiger partial charge < -0.3 is 18.9 Å². The maximum absolute atomic E-state index is 12.3. The first-order valence-electron chi connectivity index (χ1n) is 7.26. The molecule has 25 heavy (non-hydrogen) atoms. The molecule has 0 fully saturated rings. The largest absolute Gasteiger partial charge is 0.497 e. The molecular formula is C18H17ClO6. The SMILES string of the molecule is COc1ccc(C(=O)COC(=O)c2cc(Cl)ccc2OC)c(OC)c1. The average Bonchev–Trinajstić information content (AvgIpc) is 2.65. The van der Waals surface area contributed by atoms with Crippen LogP contribution in [0.15, 0.2) is 36.4 Å². The van der Waals surface area contributed by atoms with Gasteiger partial charge in [0, 0.05) is 11.1 Å². The first-order chi connectivity index (χ1) is 12.0. The number of rotatable bonds is 7. The van der Waals surface area contributed by atoms with Crippen LogP contribution in [0.2, 0.25) is 5.02 Å². The van der Waals surface area contributed by atoms with E-state index in [-0.39, 0.29) is 11.1 Å². The lowest BCUT2D eigenvalue weighted by Gasteiger charge is -2.11. The smallest absolute Gasteiger partial charge is 0.342 e. The molecule has 0 spiro atoms. The molecule has 2 rings (SSSR count). The minimum absolute atomic E-state index is 0.143. The molecule has 132 valence electrons. The zero-order valence-electron chi connectivity index (χ0n) is 14.0. The van der Waals surface area contributed by atoms with Crippen molar-refractivity contribution in [3.63, 3.8) is 0 Å². The van der Waals surface area contributed by atoms with Crippen LogP contribution in [0.4, 0.5) is 0 Å². The Labute approximate surface area is 150 Å². The van der Waals surface area contributed by atoms with Crippen molar-refractivity contribution in [1.29, 1.82) is 0 Å². The molecule has 0 saturated heterocycles. The fourth-order valence-corrected chi connectivity index (χ4v) is 2.33. The van der Waals surface area contributed by atoms with Gasteiger partial charge in [0.2, 0.25) is 5.78 Å². The molecule has 0 N–H and O–H groups in total. The number of methoxy groups -OCH3 is 3. The Balaban J connectivity index is 2.12. The summed E-state index contributed by atoms with van der Waals surface area (Å²) in [4.78, 5) is 24.5. The van der Waals surface area contributed by atoms with Crippen molar-refractivity contribution < 1.29 is 28.5 Å². The molecule has 0 radical (unpaired) electrons. The summed E-state index contributed by atoms with van der Waals surface area (Å²) in [5.41, 5.74) is 0.429. The predicted molar refractivity (Wildman–Crippen MR) is 92.2 cm³/mol. The van der Waals surface area contributed by atoms with Crippen molar-refractivity contribution >= 4 is 23.4 Å². The van der Waals surface area contributed by atoms with Crippen molar-refractivity contribution in [2.24, 2.45) is 0 Å². The second kappa shape index (κ2) is 8.39. The highest BCUT2D eigenvalue weighted by molar-refractivity contribution is 6.31. The van der Waals surface area contributed by atoms with E-state index in [0.717, 1.165) is 0 Å². The number of halogens is 1. The highest BCUT2D eigenvalue weighted by Crippen LogP contribution is 2.26. The van der Waals surface area contributed by atoms with Gasteiger partial charge in [0.25, 0.3) is 0 Å². The summed E-state index contributed by atoms with van der Waals surface area (Å²) in [5, 5.41) is 0.357. The van der Waals surface area contributed by atoms with E-state index < -0.39 is 18.4 Å². The second-order valence-electron chi connectivity index (χ2n) is 4.91. The number of Topliss-reactive ketones (excluding diaryl/α,β-unsaturated/α-hetero) is 1. The Bertz CT molecular complexity index is 787. The Kier molecular flexibility index (Phi) is 6.25. The van der Waals surface area contributed by atoms with Gasteiger partial charge >= 0.3 is 5.97 Å². The van der Waals surface area contributed by atoms with Crippen molar-refractivity contribution in [2.45, 2.75) is 0 Å². The van der Waals surface area contributed by atoms with Gasteiger partial charge in [-0.1, -0.05) is 11.6 Å². The third-order valence-corrected chi connectivity index (χ3v) is 3.66. The van der Waals surface area contributed by atoms with Crippen LogP contribution in [-0.2, 0) is 4.74 Å². The number of esters is 1. The Morgan fingerprint density at radius 2 is 1.60 bits per heavy atom. The first-order valence-corrected chi connectivity index (χ1v) is 7.63. The molecule has 0 amide bonds. The number of ketones is 1. The van der Waals surface area contributed by atoms with Gasteiger partial charge in [0.1, 0.15) is 22.8 Å². The molecular weight excluding hydrogens is 348 g/mol. The van der Waals surface area contributed by atoms with E-state index in [2.05, 4.69) is 0 Å². The topological polar surface area (TPSA) is 71.1 Å². The van der Waals surface area contributed by atoms with Gasteiger partial charge in [-0.25, -0.2) is 4.79 Å². The van der Waals surface area contributed by atoms with Gasteiger partial charge in [-0.2, -0.15) is 0 Å². The highest BCUT2D eigenvalue weighted by atomic mass is 35.5. The number of hydrogen-bond acceptors (Lipinski definition) is 6. The number of benzene rings is 2. The van der Waals surface area contributed by atoms with Crippen LogP contribution in [0, 0.1) is 0 Å². The summed E-state index contributed by atoms with van der Waals surface area (Å²) < 4.78 is 20.4. The van der Waals surface area contributed by atoms with Crippen LogP contribution in [0.1, 0.15) is 20.7 Å². The lowest BCUT2D eigenvalue weighted by molar-refractivity contribution is 0.0470. The first kappa shape index (κ1) is 18.6. The van der Waals surface area contributed by atoms with Gasteiger partial charge in [-0.05, 0) is 30.3 Å². The number of carbonyl (C=O) groups is 2. The lowest BCUT2D eigenvalue weighted by Crippen LogP contribution is -2.15. The highest BCUT2D eigenvalue weighted by Gasteiger charge is 2.19. The summed E-state index contributed by atoms with van der Waals surface area (Å²) >= 11 is 5.89. The number of ether oxygens (including phenoxy) is 4. The molecule has 0 atom stereocenters. The van der Waals surface area contributed by atoms with Gasteiger partial charge in [-0.3, -0.25) is 4.79 Å². The third-order valence-electron chi connectivity index (χ3n) is 3.42. The van der Waals surface area contributed by atoms with Crippen molar-refractivity contribution in [2.75, 3.05) is 27.9 Å². The second-order valence-corrected chi connectivity index (χ2v) is 5.35. The number of carbonyl (C=O) groups excluding carboxylic acids is 2. The van der Waals surface area contributed by atoms with Gasteiger partial charge in [-0.15, -0.1) is 0 Å². The molecule has 7 heteroatoms. The molecule has 0 aliphatic rings. The van der Waals surface area contributed by atoms with E-state index in [1.54, 1.807) is 30.3 Å². The quantitative estimate of drug-likeness (QED) is 0.554. The van der Waals surface area contributed by atoms with Crippen molar-refractivity contribution in [3.05, 3.63) is 52.5 Å². The third kappa shape index (κ3) is 4.42. The standard InChI is InChI=1S/C18H17ClO6/c1-22-12-5-6-13(17(9-12)24-3)15(20)10-25-18(21)14-8-11(19)4-7-16(14)23-2/h4-9H,10H2,1-3H3. The Morgan fingerprint density at radius 1 is 0.880 bits per heavy atom. The normalized spacial score (nSPS) is 10.1. The molecule has 6 nitrogen and oxygen atoms in total. The molecule has 2 aromatic carbocycles. The predicted octanol–water partition coefficient (Wildman–Crippen LogP) is 3.41. The molecule has 2 aromatic rings. The zero-order chi connectivity index (χ0) is 18.4. The van der Waals surface area contributed by atoms with E-state index in [4.69, 9.17) is 30.5 Å². The molecule has 0 saturated carbocycles. The molecule has 0 heterocycles. The summed E-state index contributed by atoms with van der Waals surface area (Å²) in [6.45, 7) is -0.447. The average molecular weight is 365 g/mol.